The molecule has 1 N–H and O–H groups in total. The molecule has 0 radical (unpaired) electrons. The van der Waals surface area contributed by atoms with Crippen molar-refractivity contribution in [2.75, 3.05) is 24.4 Å². The highest BCUT2D eigenvalue weighted by molar-refractivity contribution is 7.98. The number of hydrogen-bond donors (Lipinski definition) is 1. The summed E-state index contributed by atoms with van der Waals surface area (Å²) < 4.78 is 5.05. The van der Waals surface area contributed by atoms with Crippen molar-refractivity contribution in [2.24, 2.45) is 0 Å². The Morgan fingerprint density at radius 3 is 2.80 bits per heavy atom. The number of nitrogens with zero attached hydrogens (tertiary/aromatic N) is 1. The highest BCUT2D eigenvalue weighted by Gasteiger charge is 2.05. The number of hydrogen-bond acceptors (Lipinski definition) is 4. The van der Waals surface area contributed by atoms with Gasteiger partial charge in [0, 0.05) is 11.8 Å². The van der Waals surface area contributed by atoms with E-state index in [0.717, 1.165) is 23.7 Å². The van der Waals surface area contributed by atoms with Crippen LogP contribution in [-0.4, -0.2) is 30.1 Å². The minimum absolute atomic E-state index is 0.487. The van der Waals surface area contributed by atoms with E-state index >= 15 is 0 Å². The zero-order valence-corrected chi connectivity index (χ0v) is 10.3. The van der Waals surface area contributed by atoms with E-state index in [1.165, 1.54) is 0 Å². The fourth-order valence-corrected chi connectivity index (χ4v) is 1.98. The predicted molar refractivity (Wildman–Crippen MR) is 66.9 cm³/mol. The molecule has 1 aromatic rings. The van der Waals surface area contributed by atoms with Gasteiger partial charge in [-0.1, -0.05) is 6.92 Å². The molecular formula is C11H18N2OS. The Balaban J connectivity index is 2.55. The van der Waals surface area contributed by atoms with Gasteiger partial charge < -0.3 is 10.1 Å². The van der Waals surface area contributed by atoms with Gasteiger partial charge in [-0.2, -0.15) is 11.8 Å². The Kier molecular flexibility index (Phi) is 5.32. The second kappa shape index (κ2) is 6.56. The molecule has 4 heteroatoms. The number of pyridine rings is 1. The monoisotopic (exact) mass is 226 g/mol. The standard InChI is InChI=1S/C11H18N2OS/c1-4-9(8-15-3)13-11-6-5-10(14-2)7-12-11/h5-7,9H,4,8H2,1-3H3,(H,12,13). The summed E-state index contributed by atoms with van der Waals surface area (Å²) in [5.41, 5.74) is 0. The summed E-state index contributed by atoms with van der Waals surface area (Å²) >= 11 is 1.85. The molecule has 1 unspecified atom stereocenters. The molecule has 0 aromatic carbocycles. The topological polar surface area (TPSA) is 34.1 Å². The van der Waals surface area contributed by atoms with Gasteiger partial charge in [-0.15, -0.1) is 0 Å². The maximum Gasteiger partial charge on any atom is 0.137 e. The van der Waals surface area contributed by atoms with E-state index in [1.807, 2.05) is 23.9 Å². The van der Waals surface area contributed by atoms with Crippen LogP contribution in [0.1, 0.15) is 13.3 Å². The van der Waals surface area contributed by atoms with Crippen molar-refractivity contribution in [3.8, 4) is 5.75 Å². The summed E-state index contributed by atoms with van der Waals surface area (Å²) in [4.78, 5) is 4.27. The molecule has 1 atom stereocenters. The lowest BCUT2D eigenvalue weighted by Gasteiger charge is -2.16. The van der Waals surface area contributed by atoms with E-state index in [-0.39, 0.29) is 0 Å². The van der Waals surface area contributed by atoms with Gasteiger partial charge in [-0.3, -0.25) is 0 Å². The van der Waals surface area contributed by atoms with Gasteiger partial charge in [-0.25, -0.2) is 4.98 Å². The van der Waals surface area contributed by atoms with Crippen molar-refractivity contribution < 1.29 is 4.74 Å². The summed E-state index contributed by atoms with van der Waals surface area (Å²) in [7, 11) is 1.65. The Morgan fingerprint density at radius 1 is 1.53 bits per heavy atom. The second-order valence-corrected chi connectivity index (χ2v) is 4.20. The zero-order valence-electron chi connectivity index (χ0n) is 9.49. The summed E-state index contributed by atoms with van der Waals surface area (Å²) in [5.74, 6) is 2.81. The van der Waals surface area contributed by atoms with Gasteiger partial charge in [0.25, 0.3) is 0 Å². The van der Waals surface area contributed by atoms with Gasteiger partial charge in [0.2, 0.25) is 0 Å². The van der Waals surface area contributed by atoms with E-state index in [0.29, 0.717) is 6.04 Å². The number of anilines is 1. The molecule has 0 bridgehead atoms. The van der Waals surface area contributed by atoms with Crippen LogP contribution < -0.4 is 10.1 Å². The molecule has 84 valence electrons. The van der Waals surface area contributed by atoms with Gasteiger partial charge in [-0.05, 0) is 24.8 Å². The van der Waals surface area contributed by atoms with Crippen LogP contribution >= 0.6 is 11.8 Å². The van der Waals surface area contributed by atoms with Crippen LogP contribution in [0.5, 0.6) is 5.75 Å². The fraction of sp³-hybridized carbons (Fsp3) is 0.545. The maximum atomic E-state index is 5.05. The Bertz CT molecular complexity index is 276. The molecule has 0 spiro atoms. The molecule has 1 heterocycles. The molecule has 0 saturated heterocycles. The van der Waals surface area contributed by atoms with E-state index in [2.05, 4.69) is 23.5 Å². The average molecular weight is 226 g/mol. The lowest BCUT2D eigenvalue weighted by molar-refractivity contribution is 0.413. The SMILES string of the molecule is CCC(CSC)Nc1ccc(OC)cn1. The lowest BCUT2D eigenvalue weighted by Crippen LogP contribution is -2.21. The van der Waals surface area contributed by atoms with E-state index in [9.17, 15) is 0 Å². The molecular weight excluding hydrogens is 208 g/mol. The molecule has 0 aliphatic rings. The van der Waals surface area contributed by atoms with Crippen molar-refractivity contribution in [1.82, 2.24) is 4.98 Å². The molecule has 15 heavy (non-hydrogen) atoms. The Hall–Kier alpha value is -0.900. The number of nitrogens with one attached hydrogen (secondary N) is 1. The summed E-state index contributed by atoms with van der Waals surface area (Å²) in [6.07, 6.45) is 4.95. The van der Waals surface area contributed by atoms with Gasteiger partial charge >= 0.3 is 0 Å². The van der Waals surface area contributed by atoms with Gasteiger partial charge in [0.1, 0.15) is 11.6 Å². The predicted octanol–water partition coefficient (Wildman–Crippen LogP) is 2.64. The molecule has 0 aliphatic carbocycles. The van der Waals surface area contributed by atoms with E-state index in [1.54, 1.807) is 13.3 Å². The minimum atomic E-state index is 0.487. The second-order valence-electron chi connectivity index (χ2n) is 3.29. The highest BCUT2D eigenvalue weighted by Crippen LogP contribution is 2.13. The van der Waals surface area contributed by atoms with E-state index < -0.39 is 0 Å². The van der Waals surface area contributed by atoms with Crippen molar-refractivity contribution in [3.63, 3.8) is 0 Å². The highest BCUT2D eigenvalue weighted by atomic mass is 32.2. The normalized spacial score (nSPS) is 12.2. The quantitative estimate of drug-likeness (QED) is 0.808. The molecule has 3 nitrogen and oxygen atoms in total. The third-order valence-electron chi connectivity index (χ3n) is 2.18. The summed E-state index contributed by atoms with van der Waals surface area (Å²) in [6.45, 7) is 2.18. The Morgan fingerprint density at radius 2 is 2.33 bits per heavy atom. The molecule has 1 rings (SSSR count). The van der Waals surface area contributed by atoms with Gasteiger partial charge in [0.05, 0.1) is 13.3 Å². The third kappa shape index (κ3) is 4.00. The average Bonchev–Trinajstić information content (AvgIpc) is 2.29. The van der Waals surface area contributed by atoms with Gasteiger partial charge in [0.15, 0.2) is 0 Å². The van der Waals surface area contributed by atoms with Crippen molar-refractivity contribution in [1.29, 1.82) is 0 Å². The molecule has 0 aliphatic heterocycles. The third-order valence-corrected chi connectivity index (χ3v) is 2.92. The Labute approximate surface area is 95.6 Å². The van der Waals surface area contributed by atoms with E-state index in [4.69, 9.17) is 4.74 Å². The molecule has 1 aromatic heterocycles. The van der Waals surface area contributed by atoms with Crippen molar-refractivity contribution in [3.05, 3.63) is 18.3 Å². The van der Waals surface area contributed by atoms with Crippen molar-refractivity contribution in [2.45, 2.75) is 19.4 Å². The number of thioether (sulfide) groups is 1. The first-order chi connectivity index (χ1) is 7.30. The first-order valence-corrected chi connectivity index (χ1v) is 6.45. The van der Waals surface area contributed by atoms with Crippen LogP contribution in [0.2, 0.25) is 0 Å². The van der Waals surface area contributed by atoms with Crippen LogP contribution in [0, 0.1) is 0 Å². The number of rotatable bonds is 6. The first kappa shape index (κ1) is 12.2. The minimum Gasteiger partial charge on any atom is -0.495 e. The van der Waals surface area contributed by atoms with Crippen LogP contribution in [0.3, 0.4) is 0 Å². The lowest BCUT2D eigenvalue weighted by atomic mass is 10.2. The number of methoxy groups -OCH3 is 1. The molecule has 0 amide bonds. The van der Waals surface area contributed by atoms with Crippen LogP contribution in [-0.2, 0) is 0 Å². The number of ether oxygens (including phenoxy) is 1. The smallest absolute Gasteiger partial charge is 0.137 e. The van der Waals surface area contributed by atoms with Crippen LogP contribution in [0.15, 0.2) is 18.3 Å². The van der Waals surface area contributed by atoms with Crippen LogP contribution in [0.4, 0.5) is 5.82 Å². The first-order valence-electron chi connectivity index (χ1n) is 5.05. The fourth-order valence-electron chi connectivity index (χ4n) is 1.26. The summed E-state index contributed by atoms with van der Waals surface area (Å²) in [5, 5.41) is 3.39. The largest absolute Gasteiger partial charge is 0.495 e. The van der Waals surface area contributed by atoms with Crippen LogP contribution in [0.25, 0.3) is 0 Å². The zero-order chi connectivity index (χ0) is 11.1. The summed E-state index contributed by atoms with van der Waals surface area (Å²) in [6, 6.07) is 4.35. The molecule has 0 saturated carbocycles. The maximum absolute atomic E-state index is 5.05. The number of aromatic nitrogens is 1. The van der Waals surface area contributed by atoms with Crippen molar-refractivity contribution >= 4 is 17.6 Å². The molecule has 0 fully saturated rings.